The van der Waals surface area contributed by atoms with Crippen LogP contribution in [0.5, 0.6) is 0 Å². The molecule has 1 amide bonds. The Hall–Kier alpha value is -1.10. The van der Waals surface area contributed by atoms with Crippen LogP contribution in [0.1, 0.15) is 37.9 Å². The summed E-state index contributed by atoms with van der Waals surface area (Å²) in [6.07, 6.45) is 0.712. The standard InChI is InChI=1S/C17H26N2O2.ClH/c1-12(2)10-14-4-6-15(7-5-14)13(3)19-17(20)16-11-18-8-9-21-16;/h4-7,12-13,16,18H,8-11H2,1-3H3,(H,19,20);1H. The van der Waals surface area contributed by atoms with Crippen LogP contribution < -0.4 is 10.6 Å². The van der Waals surface area contributed by atoms with Crippen molar-refractivity contribution in [2.24, 2.45) is 5.92 Å². The first-order chi connectivity index (χ1) is 10.1. The second kappa shape index (κ2) is 9.13. The first kappa shape index (κ1) is 18.9. The van der Waals surface area contributed by atoms with E-state index in [4.69, 9.17) is 4.74 Å². The van der Waals surface area contributed by atoms with Crippen molar-refractivity contribution in [3.63, 3.8) is 0 Å². The van der Waals surface area contributed by atoms with Gasteiger partial charge in [-0.25, -0.2) is 0 Å². The fourth-order valence-corrected chi connectivity index (χ4v) is 2.54. The van der Waals surface area contributed by atoms with E-state index < -0.39 is 0 Å². The fraction of sp³-hybridized carbons (Fsp3) is 0.588. The van der Waals surface area contributed by atoms with Gasteiger partial charge in [-0.15, -0.1) is 12.4 Å². The minimum absolute atomic E-state index is 0. The summed E-state index contributed by atoms with van der Waals surface area (Å²) in [6, 6.07) is 8.50. The SMILES string of the molecule is CC(C)Cc1ccc(C(C)NC(=O)C2CNCCO2)cc1.Cl. The van der Waals surface area contributed by atoms with Gasteiger partial charge in [-0.2, -0.15) is 0 Å². The number of hydrogen-bond donors (Lipinski definition) is 2. The summed E-state index contributed by atoms with van der Waals surface area (Å²) in [5, 5.41) is 6.19. The third kappa shape index (κ3) is 5.59. The van der Waals surface area contributed by atoms with Crippen LogP contribution in [-0.2, 0) is 16.0 Å². The van der Waals surface area contributed by atoms with Gasteiger partial charge in [0.15, 0.2) is 0 Å². The van der Waals surface area contributed by atoms with Crippen molar-refractivity contribution < 1.29 is 9.53 Å². The molecular formula is C17H27ClN2O2. The second-order valence-electron chi connectivity index (χ2n) is 6.13. The first-order valence-corrected chi connectivity index (χ1v) is 7.78. The molecule has 2 N–H and O–H groups in total. The number of halogens is 1. The molecule has 2 unspecified atom stereocenters. The van der Waals surface area contributed by atoms with Crippen LogP contribution in [0.3, 0.4) is 0 Å². The summed E-state index contributed by atoms with van der Waals surface area (Å²) in [5.41, 5.74) is 2.46. The molecule has 2 atom stereocenters. The zero-order valence-corrected chi connectivity index (χ0v) is 14.4. The Morgan fingerprint density at radius 2 is 2.00 bits per heavy atom. The molecular weight excluding hydrogens is 300 g/mol. The summed E-state index contributed by atoms with van der Waals surface area (Å²) < 4.78 is 5.46. The highest BCUT2D eigenvalue weighted by Gasteiger charge is 2.23. The van der Waals surface area contributed by atoms with E-state index in [0.717, 1.165) is 18.5 Å². The number of morpholine rings is 1. The van der Waals surface area contributed by atoms with Gasteiger partial charge in [0.2, 0.25) is 0 Å². The van der Waals surface area contributed by atoms with E-state index in [0.29, 0.717) is 19.1 Å². The Balaban J connectivity index is 0.00000242. The van der Waals surface area contributed by atoms with Crippen LogP contribution >= 0.6 is 12.4 Å². The highest BCUT2D eigenvalue weighted by atomic mass is 35.5. The number of benzene rings is 1. The lowest BCUT2D eigenvalue weighted by Crippen LogP contribution is -2.48. The normalized spacial score (nSPS) is 19.4. The van der Waals surface area contributed by atoms with Gasteiger partial charge < -0.3 is 15.4 Å². The topological polar surface area (TPSA) is 50.4 Å². The monoisotopic (exact) mass is 326 g/mol. The molecule has 124 valence electrons. The van der Waals surface area contributed by atoms with Gasteiger partial charge in [-0.3, -0.25) is 4.79 Å². The van der Waals surface area contributed by atoms with Crippen LogP contribution in [0.15, 0.2) is 24.3 Å². The molecule has 0 aromatic heterocycles. The molecule has 0 saturated carbocycles. The number of carbonyl (C=O) groups is 1. The Morgan fingerprint density at radius 1 is 1.32 bits per heavy atom. The average molecular weight is 327 g/mol. The lowest BCUT2D eigenvalue weighted by molar-refractivity contribution is -0.134. The molecule has 1 aromatic carbocycles. The molecule has 1 aromatic rings. The minimum Gasteiger partial charge on any atom is -0.366 e. The molecule has 1 aliphatic heterocycles. The molecule has 1 saturated heterocycles. The summed E-state index contributed by atoms with van der Waals surface area (Å²) in [5.74, 6) is 0.616. The van der Waals surface area contributed by atoms with Crippen molar-refractivity contribution >= 4 is 18.3 Å². The van der Waals surface area contributed by atoms with Gasteiger partial charge in [0.1, 0.15) is 6.10 Å². The Labute approximate surface area is 139 Å². The van der Waals surface area contributed by atoms with Crippen LogP contribution in [0, 0.1) is 5.92 Å². The van der Waals surface area contributed by atoms with E-state index >= 15 is 0 Å². The number of ether oxygens (including phenoxy) is 1. The summed E-state index contributed by atoms with van der Waals surface area (Å²) in [6.45, 7) is 8.44. The highest BCUT2D eigenvalue weighted by Crippen LogP contribution is 2.16. The number of carbonyl (C=O) groups excluding carboxylic acids is 1. The largest absolute Gasteiger partial charge is 0.366 e. The number of amides is 1. The summed E-state index contributed by atoms with van der Waals surface area (Å²) in [4.78, 5) is 12.1. The smallest absolute Gasteiger partial charge is 0.250 e. The minimum atomic E-state index is -0.374. The maximum Gasteiger partial charge on any atom is 0.250 e. The quantitative estimate of drug-likeness (QED) is 0.874. The Kier molecular flexibility index (Phi) is 7.87. The van der Waals surface area contributed by atoms with Crippen LogP contribution in [0.25, 0.3) is 0 Å². The van der Waals surface area contributed by atoms with Crippen LogP contribution in [0.2, 0.25) is 0 Å². The van der Waals surface area contributed by atoms with E-state index in [1.807, 2.05) is 6.92 Å². The zero-order valence-electron chi connectivity index (χ0n) is 13.6. The summed E-state index contributed by atoms with van der Waals surface area (Å²) in [7, 11) is 0. The maximum atomic E-state index is 12.1. The Bertz CT molecular complexity index is 456. The molecule has 22 heavy (non-hydrogen) atoms. The van der Waals surface area contributed by atoms with E-state index in [2.05, 4.69) is 48.7 Å². The molecule has 0 radical (unpaired) electrons. The number of hydrogen-bond acceptors (Lipinski definition) is 3. The molecule has 5 heteroatoms. The molecule has 1 aliphatic rings. The van der Waals surface area contributed by atoms with Gasteiger partial charge in [0.05, 0.1) is 12.6 Å². The fourth-order valence-electron chi connectivity index (χ4n) is 2.54. The lowest BCUT2D eigenvalue weighted by Gasteiger charge is -2.24. The Morgan fingerprint density at radius 3 is 2.55 bits per heavy atom. The van der Waals surface area contributed by atoms with Gasteiger partial charge in [-0.1, -0.05) is 38.1 Å². The molecule has 4 nitrogen and oxygen atoms in total. The maximum absolute atomic E-state index is 12.1. The van der Waals surface area contributed by atoms with Gasteiger partial charge in [0.25, 0.3) is 5.91 Å². The predicted molar refractivity (Wildman–Crippen MR) is 91.4 cm³/mol. The van der Waals surface area contributed by atoms with E-state index in [-0.39, 0.29) is 30.5 Å². The highest BCUT2D eigenvalue weighted by molar-refractivity contribution is 5.85. The van der Waals surface area contributed by atoms with Crippen molar-refractivity contribution in [2.45, 2.75) is 39.3 Å². The van der Waals surface area contributed by atoms with Crippen molar-refractivity contribution in [3.05, 3.63) is 35.4 Å². The van der Waals surface area contributed by atoms with Gasteiger partial charge in [-0.05, 0) is 30.4 Å². The molecule has 2 rings (SSSR count). The molecule has 0 spiro atoms. The second-order valence-corrected chi connectivity index (χ2v) is 6.13. The van der Waals surface area contributed by atoms with Crippen molar-refractivity contribution in [2.75, 3.05) is 19.7 Å². The third-order valence-corrected chi connectivity index (χ3v) is 3.70. The molecule has 1 fully saturated rings. The molecule has 0 bridgehead atoms. The zero-order chi connectivity index (χ0) is 15.2. The van der Waals surface area contributed by atoms with Gasteiger partial charge >= 0.3 is 0 Å². The van der Waals surface area contributed by atoms with Crippen LogP contribution in [-0.4, -0.2) is 31.7 Å². The number of nitrogens with one attached hydrogen (secondary N) is 2. The van der Waals surface area contributed by atoms with E-state index in [1.165, 1.54) is 5.56 Å². The van der Waals surface area contributed by atoms with Crippen molar-refractivity contribution in [3.8, 4) is 0 Å². The van der Waals surface area contributed by atoms with Crippen molar-refractivity contribution in [1.82, 2.24) is 10.6 Å². The van der Waals surface area contributed by atoms with Crippen LogP contribution in [0.4, 0.5) is 0 Å². The van der Waals surface area contributed by atoms with E-state index in [1.54, 1.807) is 0 Å². The summed E-state index contributed by atoms with van der Waals surface area (Å²) >= 11 is 0. The third-order valence-electron chi connectivity index (χ3n) is 3.70. The van der Waals surface area contributed by atoms with E-state index in [9.17, 15) is 4.79 Å². The lowest BCUT2D eigenvalue weighted by atomic mass is 10.00. The first-order valence-electron chi connectivity index (χ1n) is 7.78. The predicted octanol–water partition coefficient (Wildman–Crippen LogP) is 2.47. The van der Waals surface area contributed by atoms with Gasteiger partial charge in [0, 0.05) is 13.1 Å². The molecule has 0 aliphatic carbocycles. The number of rotatable bonds is 5. The molecule has 1 heterocycles. The average Bonchev–Trinajstić information content (AvgIpc) is 2.48. The van der Waals surface area contributed by atoms with Crippen molar-refractivity contribution in [1.29, 1.82) is 0 Å².